The first-order valence-corrected chi connectivity index (χ1v) is 6.78. The lowest BCUT2D eigenvalue weighted by atomic mass is 10.1. The molecule has 0 fully saturated rings. The van der Waals surface area contributed by atoms with E-state index in [1.807, 2.05) is 36.4 Å². The average Bonchev–Trinajstić information content (AvgIpc) is 2.47. The van der Waals surface area contributed by atoms with Gasteiger partial charge in [0.1, 0.15) is 11.5 Å². The molecule has 0 aliphatic carbocycles. The van der Waals surface area contributed by atoms with E-state index < -0.39 is 0 Å². The van der Waals surface area contributed by atoms with E-state index in [1.54, 1.807) is 24.3 Å². The van der Waals surface area contributed by atoms with Crippen molar-refractivity contribution >= 4 is 24.1 Å². The second kappa shape index (κ2) is 7.22. The molecule has 0 spiro atoms. The van der Waals surface area contributed by atoms with Gasteiger partial charge in [-0.05, 0) is 35.4 Å². The Bertz CT molecular complexity index is 621. The summed E-state index contributed by atoms with van der Waals surface area (Å²) in [5, 5.41) is 0. The van der Waals surface area contributed by atoms with Crippen LogP contribution in [-0.2, 0) is 9.59 Å². The average molecular weight is 296 g/mol. The standard InChI is InChI=1S/C18H16O4/c1-13(19)21-17-9-5-15(6-10-17)3-4-16-7-11-18(12-8-16)22-14(2)20/h3-12H,1-2H3/b4-3-. The number of carbonyl (C=O) groups excluding carboxylic acids is 2. The summed E-state index contributed by atoms with van der Waals surface area (Å²) in [7, 11) is 0. The van der Waals surface area contributed by atoms with Crippen molar-refractivity contribution in [1.29, 1.82) is 0 Å². The zero-order valence-electron chi connectivity index (χ0n) is 12.4. The van der Waals surface area contributed by atoms with E-state index in [-0.39, 0.29) is 11.9 Å². The van der Waals surface area contributed by atoms with Crippen molar-refractivity contribution in [3.05, 3.63) is 59.7 Å². The normalized spacial score (nSPS) is 10.5. The highest BCUT2D eigenvalue weighted by Crippen LogP contribution is 2.17. The van der Waals surface area contributed by atoms with E-state index in [0.717, 1.165) is 11.1 Å². The van der Waals surface area contributed by atoms with Gasteiger partial charge >= 0.3 is 11.9 Å². The number of hydrogen-bond acceptors (Lipinski definition) is 4. The van der Waals surface area contributed by atoms with Crippen LogP contribution in [0, 0.1) is 0 Å². The van der Waals surface area contributed by atoms with E-state index >= 15 is 0 Å². The summed E-state index contributed by atoms with van der Waals surface area (Å²) in [6.07, 6.45) is 3.89. The van der Waals surface area contributed by atoms with Crippen LogP contribution in [0.1, 0.15) is 25.0 Å². The van der Waals surface area contributed by atoms with E-state index in [1.165, 1.54) is 13.8 Å². The Labute approximate surface area is 129 Å². The maximum atomic E-state index is 10.8. The first-order valence-electron chi connectivity index (χ1n) is 6.78. The first kappa shape index (κ1) is 15.5. The fourth-order valence-corrected chi connectivity index (χ4v) is 1.82. The minimum atomic E-state index is -0.337. The molecule has 0 N–H and O–H groups in total. The van der Waals surface area contributed by atoms with Gasteiger partial charge in [-0.2, -0.15) is 0 Å². The summed E-state index contributed by atoms with van der Waals surface area (Å²) in [4.78, 5) is 21.7. The predicted molar refractivity (Wildman–Crippen MR) is 84.4 cm³/mol. The summed E-state index contributed by atoms with van der Waals surface area (Å²) < 4.78 is 9.94. The number of ether oxygens (including phenoxy) is 2. The number of hydrogen-bond donors (Lipinski definition) is 0. The van der Waals surface area contributed by atoms with Crippen molar-refractivity contribution in [3.63, 3.8) is 0 Å². The zero-order chi connectivity index (χ0) is 15.9. The van der Waals surface area contributed by atoms with E-state index in [0.29, 0.717) is 11.5 Å². The quantitative estimate of drug-likeness (QED) is 0.490. The van der Waals surface area contributed by atoms with Gasteiger partial charge in [-0.1, -0.05) is 36.4 Å². The van der Waals surface area contributed by atoms with E-state index in [9.17, 15) is 9.59 Å². The third-order valence-corrected chi connectivity index (χ3v) is 2.75. The molecular formula is C18H16O4. The Balaban J connectivity index is 2.01. The Hall–Kier alpha value is -2.88. The number of carbonyl (C=O) groups is 2. The largest absolute Gasteiger partial charge is 0.427 e. The lowest BCUT2D eigenvalue weighted by Crippen LogP contribution is -2.00. The highest BCUT2D eigenvalue weighted by Gasteiger charge is 1.98. The van der Waals surface area contributed by atoms with Crippen LogP contribution in [0.3, 0.4) is 0 Å². The molecule has 0 radical (unpaired) electrons. The fourth-order valence-electron chi connectivity index (χ4n) is 1.82. The zero-order valence-corrected chi connectivity index (χ0v) is 12.4. The molecule has 2 aromatic carbocycles. The van der Waals surface area contributed by atoms with Crippen molar-refractivity contribution in [1.82, 2.24) is 0 Å². The van der Waals surface area contributed by atoms with E-state index in [4.69, 9.17) is 9.47 Å². The number of esters is 2. The summed E-state index contributed by atoms with van der Waals surface area (Å²) in [5.74, 6) is 0.373. The highest BCUT2D eigenvalue weighted by molar-refractivity contribution is 5.72. The lowest BCUT2D eigenvalue weighted by molar-refractivity contribution is -0.132. The molecule has 0 aliphatic rings. The van der Waals surface area contributed by atoms with Gasteiger partial charge in [0.15, 0.2) is 0 Å². The van der Waals surface area contributed by atoms with Gasteiger partial charge in [-0.25, -0.2) is 0 Å². The summed E-state index contributed by atoms with van der Waals surface area (Å²) >= 11 is 0. The molecule has 2 aromatic rings. The molecule has 112 valence electrons. The molecule has 4 nitrogen and oxygen atoms in total. The minimum absolute atomic E-state index is 0.337. The van der Waals surface area contributed by atoms with Gasteiger partial charge < -0.3 is 9.47 Å². The van der Waals surface area contributed by atoms with Gasteiger partial charge in [0.2, 0.25) is 0 Å². The van der Waals surface area contributed by atoms with Gasteiger partial charge in [0.05, 0.1) is 0 Å². The Morgan fingerprint density at radius 3 is 1.27 bits per heavy atom. The van der Waals surface area contributed by atoms with Crippen LogP contribution >= 0.6 is 0 Å². The summed E-state index contributed by atoms with van der Waals surface area (Å²) in [6.45, 7) is 2.74. The van der Waals surface area contributed by atoms with Crippen molar-refractivity contribution < 1.29 is 19.1 Å². The van der Waals surface area contributed by atoms with Crippen molar-refractivity contribution in [2.75, 3.05) is 0 Å². The second-order valence-electron chi connectivity index (χ2n) is 4.66. The Morgan fingerprint density at radius 1 is 0.682 bits per heavy atom. The molecule has 22 heavy (non-hydrogen) atoms. The molecule has 0 aliphatic heterocycles. The number of benzene rings is 2. The van der Waals surface area contributed by atoms with Crippen LogP contribution in [0.5, 0.6) is 11.5 Å². The summed E-state index contributed by atoms with van der Waals surface area (Å²) in [5.41, 5.74) is 1.97. The van der Waals surface area contributed by atoms with Crippen LogP contribution in [0.4, 0.5) is 0 Å². The molecule has 0 bridgehead atoms. The maximum Gasteiger partial charge on any atom is 0.308 e. The molecule has 0 atom stereocenters. The molecule has 2 rings (SSSR count). The molecule has 0 amide bonds. The van der Waals surface area contributed by atoms with Crippen LogP contribution in [0.25, 0.3) is 12.2 Å². The molecule has 0 saturated carbocycles. The second-order valence-corrected chi connectivity index (χ2v) is 4.66. The molecule has 4 heteroatoms. The molecule has 0 heterocycles. The molecule has 0 unspecified atom stereocenters. The number of rotatable bonds is 4. The SMILES string of the molecule is CC(=O)Oc1ccc(/C=C\c2ccc(OC(C)=O)cc2)cc1. The molecule has 0 aromatic heterocycles. The van der Waals surface area contributed by atoms with Crippen LogP contribution < -0.4 is 9.47 Å². The maximum absolute atomic E-state index is 10.8. The van der Waals surface area contributed by atoms with Crippen LogP contribution in [-0.4, -0.2) is 11.9 Å². The Kier molecular flexibility index (Phi) is 5.09. The van der Waals surface area contributed by atoms with Gasteiger partial charge in [-0.3, -0.25) is 9.59 Å². The van der Waals surface area contributed by atoms with E-state index in [2.05, 4.69) is 0 Å². The highest BCUT2D eigenvalue weighted by atomic mass is 16.5. The van der Waals surface area contributed by atoms with Crippen molar-refractivity contribution in [3.8, 4) is 11.5 Å². The third-order valence-electron chi connectivity index (χ3n) is 2.75. The van der Waals surface area contributed by atoms with Crippen molar-refractivity contribution in [2.45, 2.75) is 13.8 Å². The minimum Gasteiger partial charge on any atom is -0.427 e. The fraction of sp³-hybridized carbons (Fsp3) is 0.111. The topological polar surface area (TPSA) is 52.6 Å². The Morgan fingerprint density at radius 2 is 1.00 bits per heavy atom. The molecule has 0 saturated heterocycles. The van der Waals surface area contributed by atoms with Gasteiger partial charge in [-0.15, -0.1) is 0 Å². The predicted octanol–water partition coefficient (Wildman–Crippen LogP) is 3.71. The van der Waals surface area contributed by atoms with Gasteiger partial charge in [0.25, 0.3) is 0 Å². The van der Waals surface area contributed by atoms with Crippen LogP contribution in [0.15, 0.2) is 48.5 Å². The summed E-state index contributed by atoms with van der Waals surface area (Å²) in [6, 6.07) is 14.4. The molecular weight excluding hydrogens is 280 g/mol. The first-order chi connectivity index (χ1) is 10.5. The van der Waals surface area contributed by atoms with Gasteiger partial charge in [0, 0.05) is 13.8 Å². The third kappa shape index (κ3) is 4.90. The van der Waals surface area contributed by atoms with Crippen molar-refractivity contribution in [2.24, 2.45) is 0 Å². The monoisotopic (exact) mass is 296 g/mol. The van der Waals surface area contributed by atoms with Crippen LogP contribution in [0.2, 0.25) is 0 Å². The smallest absolute Gasteiger partial charge is 0.308 e. The lowest BCUT2D eigenvalue weighted by Gasteiger charge is -2.02.